The molecule has 1 rings (SSSR count). The minimum atomic E-state index is -4.71. The largest absolute Gasteiger partial charge is 0.397 e. The molecule has 0 bridgehead atoms. The first-order valence-electron chi connectivity index (χ1n) is 4.79. The van der Waals surface area contributed by atoms with Crippen LogP contribution in [-0.2, 0) is 10.0 Å². The predicted molar refractivity (Wildman–Crippen MR) is 54.7 cm³/mol. The number of hydrogen-bond donors (Lipinski definition) is 2. The van der Waals surface area contributed by atoms with Crippen LogP contribution in [0.3, 0.4) is 0 Å². The molecular formula is C9H12F3NO3S. The van der Waals surface area contributed by atoms with E-state index >= 15 is 0 Å². The van der Waals surface area contributed by atoms with Crippen LogP contribution in [0.5, 0.6) is 0 Å². The first-order valence-corrected chi connectivity index (χ1v) is 6.28. The highest BCUT2D eigenvalue weighted by Crippen LogP contribution is 2.44. The third-order valence-electron chi connectivity index (χ3n) is 2.85. The van der Waals surface area contributed by atoms with Gasteiger partial charge in [-0.2, -0.15) is 13.2 Å². The van der Waals surface area contributed by atoms with Gasteiger partial charge in [0.25, 0.3) is 0 Å². The van der Waals surface area contributed by atoms with Gasteiger partial charge in [-0.15, -0.1) is 0 Å². The summed E-state index contributed by atoms with van der Waals surface area (Å²) in [6.07, 6.45) is -0.934. The number of allylic oxidation sites excluding steroid dienone is 3. The van der Waals surface area contributed by atoms with Gasteiger partial charge in [0.15, 0.2) is 0 Å². The standard InChI is InChI=1S/C9H12F3NO3S/c1-2-8(17(15,16)13-14)6-4-3-5-7(8)9(10,11)12/h3-7,13-14H,2H2,1H3. The van der Waals surface area contributed by atoms with Gasteiger partial charge in [-0.3, -0.25) is 0 Å². The van der Waals surface area contributed by atoms with E-state index in [2.05, 4.69) is 0 Å². The van der Waals surface area contributed by atoms with Crippen molar-refractivity contribution in [3.8, 4) is 0 Å². The van der Waals surface area contributed by atoms with Crippen LogP contribution in [0.4, 0.5) is 13.2 Å². The van der Waals surface area contributed by atoms with E-state index < -0.39 is 26.9 Å². The Hall–Kier alpha value is -0.860. The molecule has 0 heterocycles. The summed E-state index contributed by atoms with van der Waals surface area (Å²) in [6.45, 7) is 1.32. The fourth-order valence-corrected chi connectivity index (χ4v) is 3.27. The third-order valence-corrected chi connectivity index (χ3v) is 4.76. The first kappa shape index (κ1) is 14.2. The molecule has 98 valence electrons. The highest BCUT2D eigenvalue weighted by Gasteiger charge is 2.57. The fraction of sp³-hybridized carbons (Fsp3) is 0.556. The minimum absolute atomic E-state index is 0.312. The van der Waals surface area contributed by atoms with Gasteiger partial charge in [0, 0.05) is 0 Å². The van der Waals surface area contributed by atoms with E-state index in [0.29, 0.717) is 0 Å². The Bertz CT molecular complexity index is 441. The normalized spacial score (nSPS) is 29.6. The quantitative estimate of drug-likeness (QED) is 0.768. The van der Waals surface area contributed by atoms with Gasteiger partial charge < -0.3 is 5.21 Å². The van der Waals surface area contributed by atoms with Crippen molar-refractivity contribution in [3.63, 3.8) is 0 Å². The average molecular weight is 271 g/mol. The van der Waals surface area contributed by atoms with Crippen molar-refractivity contribution in [1.29, 1.82) is 0 Å². The molecule has 0 radical (unpaired) electrons. The van der Waals surface area contributed by atoms with Gasteiger partial charge >= 0.3 is 6.18 Å². The lowest BCUT2D eigenvalue weighted by molar-refractivity contribution is -0.167. The second-order valence-electron chi connectivity index (χ2n) is 3.67. The monoisotopic (exact) mass is 271 g/mol. The van der Waals surface area contributed by atoms with Crippen molar-refractivity contribution >= 4 is 10.0 Å². The highest BCUT2D eigenvalue weighted by atomic mass is 32.2. The second kappa shape index (κ2) is 4.43. The summed E-state index contributed by atoms with van der Waals surface area (Å²) in [5, 5.41) is 8.56. The zero-order valence-corrected chi connectivity index (χ0v) is 9.72. The fourth-order valence-electron chi connectivity index (χ4n) is 1.92. The number of nitrogens with one attached hydrogen (secondary N) is 1. The lowest BCUT2D eigenvalue weighted by Gasteiger charge is -2.37. The molecule has 0 spiro atoms. The van der Waals surface area contributed by atoms with Crippen LogP contribution in [0.25, 0.3) is 0 Å². The maximum absolute atomic E-state index is 12.8. The Morgan fingerprint density at radius 2 is 2.00 bits per heavy atom. The maximum Gasteiger partial charge on any atom is 0.397 e. The molecule has 0 aromatic heterocycles. The van der Waals surface area contributed by atoms with Crippen LogP contribution < -0.4 is 4.89 Å². The molecule has 0 aromatic carbocycles. The molecule has 2 N–H and O–H groups in total. The number of alkyl halides is 3. The minimum Gasteiger partial charge on any atom is -0.302 e. The molecule has 2 atom stereocenters. The number of rotatable bonds is 3. The number of halogens is 3. The van der Waals surface area contributed by atoms with Gasteiger partial charge in [0.1, 0.15) is 4.75 Å². The smallest absolute Gasteiger partial charge is 0.302 e. The molecule has 0 aromatic rings. The molecule has 0 amide bonds. The SMILES string of the molecule is CCC1(S(=O)(=O)NO)C=CC=CC1C(F)(F)F. The number of sulfonamides is 1. The molecule has 0 saturated carbocycles. The van der Waals surface area contributed by atoms with E-state index in [-0.39, 0.29) is 6.42 Å². The highest BCUT2D eigenvalue weighted by molar-refractivity contribution is 7.90. The Balaban J connectivity index is 3.40. The summed E-state index contributed by atoms with van der Waals surface area (Å²) in [7, 11) is -4.52. The van der Waals surface area contributed by atoms with Gasteiger partial charge in [-0.05, 0) is 6.42 Å². The second-order valence-corrected chi connectivity index (χ2v) is 5.62. The van der Waals surface area contributed by atoms with Crippen molar-refractivity contribution in [2.45, 2.75) is 24.3 Å². The van der Waals surface area contributed by atoms with Crippen molar-refractivity contribution in [2.75, 3.05) is 0 Å². The van der Waals surface area contributed by atoms with Crippen molar-refractivity contribution in [1.82, 2.24) is 4.89 Å². The lowest BCUT2D eigenvalue weighted by Crippen LogP contribution is -2.53. The molecule has 1 aliphatic rings. The van der Waals surface area contributed by atoms with Crippen LogP contribution >= 0.6 is 0 Å². The Kier molecular flexibility index (Phi) is 3.70. The zero-order chi connectivity index (χ0) is 13.3. The average Bonchev–Trinajstić information content (AvgIpc) is 2.27. The van der Waals surface area contributed by atoms with E-state index in [0.717, 1.165) is 23.1 Å². The molecule has 1 aliphatic carbocycles. The molecule has 8 heteroatoms. The number of hydrogen-bond acceptors (Lipinski definition) is 3. The Morgan fingerprint density at radius 1 is 1.41 bits per heavy atom. The summed E-state index contributed by atoms with van der Waals surface area (Å²) in [5.41, 5.74) is 0. The molecule has 0 saturated heterocycles. The molecule has 0 fully saturated rings. The zero-order valence-electron chi connectivity index (χ0n) is 8.90. The summed E-state index contributed by atoms with van der Waals surface area (Å²) in [4.78, 5) is 0.992. The van der Waals surface area contributed by atoms with Crippen LogP contribution in [-0.4, -0.2) is 24.5 Å². The van der Waals surface area contributed by atoms with Gasteiger partial charge in [-0.1, -0.05) is 36.1 Å². The topological polar surface area (TPSA) is 66.4 Å². The Morgan fingerprint density at radius 3 is 2.41 bits per heavy atom. The summed E-state index contributed by atoms with van der Waals surface area (Å²) >= 11 is 0. The molecular weight excluding hydrogens is 259 g/mol. The van der Waals surface area contributed by atoms with E-state index in [9.17, 15) is 21.6 Å². The summed E-state index contributed by atoms with van der Waals surface area (Å²) in [6, 6.07) is 0. The third kappa shape index (κ3) is 2.24. The van der Waals surface area contributed by atoms with Crippen molar-refractivity contribution in [2.24, 2.45) is 5.92 Å². The van der Waals surface area contributed by atoms with Crippen molar-refractivity contribution < 1.29 is 26.8 Å². The lowest BCUT2D eigenvalue weighted by atomic mass is 9.85. The summed E-state index contributed by atoms with van der Waals surface area (Å²) in [5.74, 6) is -2.19. The van der Waals surface area contributed by atoms with Crippen molar-refractivity contribution in [3.05, 3.63) is 24.3 Å². The molecule has 2 unspecified atom stereocenters. The molecule has 17 heavy (non-hydrogen) atoms. The predicted octanol–water partition coefficient (Wildman–Crippen LogP) is 1.75. The van der Waals surface area contributed by atoms with E-state index in [4.69, 9.17) is 5.21 Å². The van der Waals surface area contributed by atoms with Crippen LogP contribution in [0.1, 0.15) is 13.3 Å². The first-order chi connectivity index (χ1) is 7.71. The van der Waals surface area contributed by atoms with Gasteiger partial charge in [0.2, 0.25) is 10.0 Å². The molecule has 0 aliphatic heterocycles. The maximum atomic E-state index is 12.8. The van der Waals surface area contributed by atoms with Gasteiger partial charge in [-0.25, -0.2) is 8.42 Å². The van der Waals surface area contributed by atoms with Crippen LogP contribution in [0, 0.1) is 5.92 Å². The van der Waals surface area contributed by atoms with Crippen LogP contribution in [0.15, 0.2) is 24.3 Å². The van der Waals surface area contributed by atoms with Gasteiger partial charge in [0.05, 0.1) is 5.92 Å². The van der Waals surface area contributed by atoms with E-state index in [1.165, 1.54) is 13.0 Å². The molecule has 4 nitrogen and oxygen atoms in total. The Labute approximate surface area is 96.8 Å². The van der Waals surface area contributed by atoms with E-state index in [1.54, 1.807) is 0 Å². The van der Waals surface area contributed by atoms with E-state index in [1.807, 2.05) is 0 Å². The summed E-state index contributed by atoms with van der Waals surface area (Å²) < 4.78 is 59.5. The van der Waals surface area contributed by atoms with Crippen LogP contribution in [0.2, 0.25) is 0 Å².